The summed E-state index contributed by atoms with van der Waals surface area (Å²) in [6.45, 7) is -0.828. The van der Waals surface area contributed by atoms with Crippen LogP contribution in [0.15, 0.2) is 78.9 Å². The minimum Gasteiger partial charge on any atom is -0.460 e. The normalized spacial score (nSPS) is 18.4. The van der Waals surface area contributed by atoms with Gasteiger partial charge in [-0.3, -0.25) is 8.98 Å². The van der Waals surface area contributed by atoms with E-state index in [0.717, 1.165) is 27.8 Å². The number of amides is 1. The Morgan fingerprint density at radius 3 is 2.11 bits per heavy atom. The van der Waals surface area contributed by atoms with Gasteiger partial charge in [0.1, 0.15) is 19.1 Å². The third-order valence-electron chi connectivity index (χ3n) is 6.17. The first-order chi connectivity index (χ1) is 16.9. The maximum atomic E-state index is 12.8. The van der Waals surface area contributed by atoms with Gasteiger partial charge >= 0.3 is 22.4 Å². The average molecular weight is 494 g/mol. The molecule has 1 heterocycles. The number of hydrogen-bond donors (Lipinski definition) is 0. The van der Waals surface area contributed by atoms with Crippen molar-refractivity contribution in [3.8, 4) is 11.1 Å². The van der Waals surface area contributed by atoms with Gasteiger partial charge in [-0.05, 0) is 27.8 Å². The number of ether oxygens (including phenoxy) is 2. The number of benzene rings is 3. The standard InChI is InChI=1S/C26H23NO7S/c28-25(32-15-18-8-2-1-3-9-18)19-14-27(35(30,31)34-16-19)26(29)33-17-24-22-12-6-4-10-20(22)21-11-5-7-13-23(21)24/h1-13,19,24H,14-17H2/t19-/m1/s1. The second-order valence-electron chi connectivity index (χ2n) is 8.37. The second-order valence-corrected chi connectivity index (χ2v) is 9.90. The summed E-state index contributed by atoms with van der Waals surface area (Å²) in [5.41, 5.74) is 4.90. The molecule has 0 bridgehead atoms. The number of fused-ring (bicyclic) bond motifs is 3. The van der Waals surface area contributed by atoms with E-state index in [0.29, 0.717) is 4.31 Å². The van der Waals surface area contributed by atoms with Crippen LogP contribution >= 0.6 is 0 Å². The van der Waals surface area contributed by atoms with E-state index in [9.17, 15) is 18.0 Å². The van der Waals surface area contributed by atoms with Gasteiger partial charge in [-0.15, -0.1) is 0 Å². The molecule has 35 heavy (non-hydrogen) atoms. The van der Waals surface area contributed by atoms with Crippen LogP contribution in [-0.4, -0.2) is 44.5 Å². The lowest BCUT2D eigenvalue weighted by molar-refractivity contribution is -0.151. The van der Waals surface area contributed by atoms with E-state index >= 15 is 0 Å². The van der Waals surface area contributed by atoms with Crippen molar-refractivity contribution in [1.29, 1.82) is 0 Å². The molecule has 3 aromatic carbocycles. The van der Waals surface area contributed by atoms with Crippen LogP contribution in [0.3, 0.4) is 0 Å². The van der Waals surface area contributed by atoms with Gasteiger partial charge in [0.25, 0.3) is 0 Å². The van der Waals surface area contributed by atoms with Crippen molar-refractivity contribution in [3.63, 3.8) is 0 Å². The van der Waals surface area contributed by atoms with Crippen LogP contribution in [0.1, 0.15) is 22.6 Å². The van der Waals surface area contributed by atoms with Crippen LogP contribution in [0.2, 0.25) is 0 Å². The van der Waals surface area contributed by atoms with Gasteiger partial charge in [-0.1, -0.05) is 78.9 Å². The Hall–Kier alpha value is -3.69. The average Bonchev–Trinajstić information content (AvgIpc) is 3.20. The van der Waals surface area contributed by atoms with Crippen molar-refractivity contribution in [1.82, 2.24) is 4.31 Å². The fourth-order valence-corrected chi connectivity index (χ4v) is 5.46. The Labute approximate surface area is 203 Å². The molecule has 1 saturated heterocycles. The third kappa shape index (κ3) is 4.65. The number of carbonyl (C=O) groups excluding carboxylic acids is 2. The molecule has 3 aromatic rings. The summed E-state index contributed by atoms with van der Waals surface area (Å²) >= 11 is 0. The van der Waals surface area contributed by atoms with E-state index in [1.807, 2.05) is 66.7 Å². The van der Waals surface area contributed by atoms with Crippen molar-refractivity contribution < 1.29 is 31.7 Å². The first-order valence-corrected chi connectivity index (χ1v) is 12.5. The molecule has 180 valence electrons. The van der Waals surface area contributed by atoms with Gasteiger partial charge in [-0.2, -0.15) is 12.7 Å². The molecule has 2 aliphatic rings. The van der Waals surface area contributed by atoms with Crippen LogP contribution in [0.5, 0.6) is 0 Å². The zero-order valence-electron chi connectivity index (χ0n) is 18.7. The van der Waals surface area contributed by atoms with Gasteiger partial charge in [-0.25, -0.2) is 4.79 Å². The lowest BCUT2D eigenvalue weighted by atomic mass is 9.98. The summed E-state index contributed by atoms with van der Waals surface area (Å²) in [6, 6.07) is 24.7. The van der Waals surface area contributed by atoms with E-state index in [2.05, 4.69) is 0 Å². The van der Waals surface area contributed by atoms with E-state index in [1.165, 1.54) is 0 Å². The first-order valence-electron chi connectivity index (χ1n) is 11.2. The van der Waals surface area contributed by atoms with Gasteiger partial charge in [0.05, 0.1) is 13.2 Å². The van der Waals surface area contributed by atoms with Crippen LogP contribution in [0, 0.1) is 5.92 Å². The molecule has 1 fully saturated rings. The van der Waals surface area contributed by atoms with Gasteiger partial charge in [0.2, 0.25) is 0 Å². The highest BCUT2D eigenvalue weighted by molar-refractivity contribution is 7.84. The smallest absolute Gasteiger partial charge is 0.425 e. The third-order valence-corrected chi connectivity index (χ3v) is 7.44. The van der Waals surface area contributed by atoms with Crippen molar-refractivity contribution in [2.45, 2.75) is 12.5 Å². The highest BCUT2D eigenvalue weighted by Gasteiger charge is 2.41. The molecular formula is C26H23NO7S. The summed E-state index contributed by atoms with van der Waals surface area (Å²) in [5.74, 6) is -1.84. The molecule has 0 spiro atoms. The zero-order chi connectivity index (χ0) is 24.4. The SMILES string of the molecule is O=C(OCc1ccccc1)[C@H]1COS(=O)(=O)N(C(=O)OCC2c3ccccc3-c3ccccc32)C1. The fourth-order valence-electron chi connectivity index (χ4n) is 4.40. The molecule has 1 atom stereocenters. The van der Waals surface area contributed by atoms with Crippen molar-refractivity contribution in [3.05, 3.63) is 95.6 Å². The van der Waals surface area contributed by atoms with Crippen LogP contribution in [0.4, 0.5) is 4.79 Å². The Bertz CT molecular complexity index is 1310. The van der Waals surface area contributed by atoms with Gasteiger partial charge in [0.15, 0.2) is 0 Å². The molecule has 1 aliphatic heterocycles. The molecule has 5 rings (SSSR count). The van der Waals surface area contributed by atoms with Gasteiger partial charge < -0.3 is 9.47 Å². The summed E-state index contributed by atoms with van der Waals surface area (Å²) in [4.78, 5) is 25.4. The van der Waals surface area contributed by atoms with Crippen LogP contribution < -0.4 is 0 Å². The second kappa shape index (κ2) is 9.52. The molecule has 0 radical (unpaired) electrons. The maximum absolute atomic E-state index is 12.8. The zero-order valence-corrected chi connectivity index (χ0v) is 19.5. The quantitative estimate of drug-likeness (QED) is 0.498. The summed E-state index contributed by atoms with van der Waals surface area (Å²) < 4.78 is 40.9. The first kappa shape index (κ1) is 23.1. The number of carbonyl (C=O) groups is 2. The lowest BCUT2D eigenvalue weighted by Crippen LogP contribution is -2.49. The highest BCUT2D eigenvalue weighted by atomic mass is 32.2. The molecule has 0 unspecified atom stereocenters. The van der Waals surface area contributed by atoms with Crippen molar-refractivity contribution in [2.75, 3.05) is 19.8 Å². The molecule has 9 heteroatoms. The summed E-state index contributed by atoms with van der Waals surface area (Å²) in [7, 11) is -4.37. The van der Waals surface area contributed by atoms with E-state index < -0.39 is 41.4 Å². The molecule has 0 N–H and O–H groups in total. The summed E-state index contributed by atoms with van der Waals surface area (Å²) in [6.07, 6.45) is -1.09. The predicted octanol–water partition coefficient (Wildman–Crippen LogP) is 3.87. The van der Waals surface area contributed by atoms with E-state index in [-0.39, 0.29) is 19.1 Å². The topological polar surface area (TPSA) is 99.2 Å². The highest BCUT2D eigenvalue weighted by Crippen LogP contribution is 2.44. The largest absolute Gasteiger partial charge is 0.460 e. The predicted molar refractivity (Wildman–Crippen MR) is 126 cm³/mol. The minimum atomic E-state index is -4.37. The number of rotatable bonds is 5. The monoisotopic (exact) mass is 493 g/mol. The van der Waals surface area contributed by atoms with Crippen molar-refractivity contribution >= 4 is 22.4 Å². The molecule has 0 aromatic heterocycles. The molecule has 0 saturated carbocycles. The number of hydrogen-bond acceptors (Lipinski definition) is 7. The lowest BCUT2D eigenvalue weighted by Gasteiger charge is -2.30. The Morgan fingerprint density at radius 2 is 1.46 bits per heavy atom. The Morgan fingerprint density at radius 1 is 0.857 bits per heavy atom. The number of esters is 1. The number of nitrogens with zero attached hydrogens (tertiary/aromatic N) is 1. The maximum Gasteiger partial charge on any atom is 0.425 e. The summed E-state index contributed by atoms with van der Waals surface area (Å²) in [5, 5.41) is 0. The van der Waals surface area contributed by atoms with E-state index in [4.69, 9.17) is 13.7 Å². The van der Waals surface area contributed by atoms with Crippen molar-refractivity contribution in [2.24, 2.45) is 5.92 Å². The Balaban J connectivity index is 1.26. The Kier molecular flexibility index (Phi) is 6.27. The minimum absolute atomic E-state index is 0.0356. The van der Waals surface area contributed by atoms with E-state index in [1.54, 1.807) is 12.1 Å². The molecular weight excluding hydrogens is 470 g/mol. The molecule has 1 amide bonds. The van der Waals surface area contributed by atoms with Crippen LogP contribution in [-0.2, 0) is 35.4 Å². The molecule has 8 nitrogen and oxygen atoms in total. The fraction of sp³-hybridized carbons (Fsp3) is 0.231. The van der Waals surface area contributed by atoms with Crippen LogP contribution in [0.25, 0.3) is 11.1 Å². The molecule has 1 aliphatic carbocycles. The van der Waals surface area contributed by atoms with Gasteiger partial charge in [0, 0.05) is 5.92 Å².